The van der Waals surface area contributed by atoms with Gasteiger partial charge in [-0.15, -0.1) is 0 Å². The predicted molar refractivity (Wildman–Crippen MR) is 132 cm³/mol. The first-order valence-corrected chi connectivity index (χ1v) is 12.8. The smallest absolute Gasteiger partial charge is 0.412 e. The van der Waals surface area contributed by atoms with Crippen molar-refractivity contribution in [3.05, 3.63) is 47.5 Å². The molecular weight excluding hydrogens is 458 g/mol. The largest absolute Gasteiger partial charge is 0.437 e. The third kappa shape index (κ3) is 3.89. The molecule has 0 radical (unpaired) electrons. The van der Waals surface area contributed by atoms with Gasteiger partial charge >= 0.3 is 6.09 Å². The van der Waals surface area contributed by atoms with Gasteiger partial charge in [-0.25, -0.2) is 4.79 Å². The number of piperidine rings is 1. The number of benzene rings is 2. The second-order valence-corrected chi connectivity index (χ2v) is 10.7. The first-order chi connectivity index (χ1) is 15.8. The molecule has 2 saturated heterocycles. The molecule has 2 fully saturated rings. The predicted octanol–water partition coefficient (Wildman–Crippen LogP) is 5.35. The molecule has 0 aliphatic carbocycles. The van der Waals surface area contributed by atoms with E-state index in [9.17, 15) is 9.90 Å². The summed E-state index contributed by atoms with van der Waals surface area (Å²) in [5, 5.41) is 11.8. The van der Waals surface area contributed by atoms with Gasteiger partial charge in [-0.05, 0) is 57.1 Å². The summed E-state index contributed by atoms with van der Waals surface area (Å²) in [6, 6.07) is 14.6. The number of hydrogen-bond donors (Lipinski definition) is 1. The van der Waals surface area contributed by atoms with E-state index in [0.29, 0.717) is 19.4 Å². The minimum atomic E-state index is -1.26. The normalized spacial score (nSPS) is 24.1. The number of carbonyl (C=O) groups excluding carboxylic acids is 1. The molecule has 3 aliphatic rings. The summed E-state index contributed by atoms with van der Waals surface area (Å²) < 4.78 is 5.73. The minimum Gasteiger partial charge on any atom is -0.437 e. The Hall–Kier alpha value is -1.93. The van der Waals surface area contributed by atoms with Crippen LogP contribution in [0.2, 0.25) is 5.02 Å². The van der Waals surface area contributed by atoms with Crippen molar-refractivity contribution in [1.82, 2.24) is 9.80 Å². The zero-order valence-electron chi connectivity index (χ0n) is 19.1. The molecule has 3 aliphatic heterocycles. The summed E-state index contributed by atoms with van der Waals surface area (Å²) in [4.78, 5) is 21.0. The number of nitrogens with zero attached hydrogens (tertiary/aromatic N) is 3. The number of likely N-dealkylation sites (tertiary alicyclic amines) is 1. The van der Waals surface area contributed by atoms with Gasteiger partial charge in [0.1, 0.15) is 0 Å². The van der Waals surface area contributed by atoms with Crippen LogP contribution in [0.25, 0.3) is 0 Å². The quantitative estimate of drug-likeness (QED) is 0.613. The third-order valence-electron chi connectivity index (χ3n) is 7.32. The van der Waals surface area contributed by atoms with E-state index in [4.69, 9.17) is 16.3 Å². The highest BCUT2D eigenvalue weighted by Crippen LogP contribution is 2.49. The van der Waals surface area contributed by atoms with Crippen LogP contribution in [0, 0.1) is 0 Å². The summed E-state index contributed by atoms with van der Waals surface area (Å²) in [6.45, 7) is 7.47. The third-order valence-corrected chi connectivity index (χ3v) is 8.68. The molecular formula is C25H30ClN3O3S. The van der Waals surface area contributed by atoms with Gasteiger partial charge in [-0.3, -0.25) is 4.90 Å². The van der Waals surface area contributed by atoms with Crippen molar-refractivity contribution in [2.24, 2.45) is 0 Å². The maximum atomic E-state index is 12.3. The molecule has 2 aromatic carbocycles. The molecule has 3 heterocycles. The maximum absolute atomic E-state index is 12.3. The molecule has 1 unspecified atom stereocenters. The molecule has 5 rings (SSSR count). The van der Waals surface area contributed by atoms with E-state index in [-0.39, 0.29) is 0 Å². The minimum absolute atomic E-state index is 0.407. The molecule has 1 spiro atoms. The van der Waals surface area contributed by atoms with Gasteiger partial charge in [0.05, 0.1) is 11.4 Å². The molecule has 1 N–H and O–H groups in total. The van der Waals surface area contributed by atoms with Gasteiger partial charge in [0, 0.05) is 53.8 Å². The van der Waals surface area contributed by atoms with Crippen molar-refractivity contribution in [1.29, 1.82) is 0 Å². The lowest BCUT2D eigenvalue weighted by Gasteiger charge is -2.45. The number of para-hydroxylation sites is 1. The van der Waals surface area contributed by atoms with Crippen LogP contribution in [0.4, 0.5) is 16.2 Å². The number of carbonyl (C=O) groups is 1. The van der Waals surface area contributed by atoms with Gasteiger partial charge in [0.25, 0.3) is 0 Å². The van der Waals surface area contributed by atoms with Crippen LogP contribution < -0.4 is 4.90 Å². The molecule has 1 atom stereocenters. The molecule has 0 aromatic heterocycles. The number of ether oxygens (including phenoxy) is 1. The number of halogens is 1. The van der Waals surface area contributed by atoms with Crippen LogP contribution in [0.1, 0.15) is 33.1 Å². The van der Waals surface area contributed by atoms with Crippen molar-refractivity contribution < 1.29 is 14.6 Å². The highest BCUT2D eigenvalue weighted by atomic mass is 35.5. The lowest BCUT2D eigenvalue weighted by Crippen LogP contribution is -2.60. The van der Waals surface area contributed by atoms with E-state index >= 15 is 0 Å². The summed E-state index contributed by atoms with van der Waals surface area (Å²) in [6.07, 6.45) is 1.87. The van der Waals surface area contributed by atoms with Crippen molar-refractivity contribution >= 4 is 40.8 Å². The number of aliphatic hydroxyl groups is 1. The Bertz CT molecular complexity index is 1050. The maximum Gasteiger partial charge on any atom is 0.412 e. The van der Waals surface area contributed by atoms with Crippen LogP contribution in [-0.2, 0) is 4.74 Å². The van der Waals surface area contributed by atoms with Gasteiger partial charge in [-0.2, -0.15) is 0 Å². The zero-order chi connectivity index (χ0) is 23.2. The van der Waals surface area contributed by atoms with Gasteiger partial charge in [-0.1, -0.05) is 35.5 Å². The lowest BCUT2D eigenvalue weighted by molar-refractivity contribution is -0.164. The molecule has 2 aromatic rings. The van der Waals surface area contributed by atoms with Crippen LogP contribution in [0.15, 0.2) is 52.3 Å². The van der Waals surface area contributed by atoms with Gasteiger partial charge in [0.15, 0.2) is 11.3 Å². The zero-order valence-corrected chi connectivity index (χ0v) is 20.7. The summed E-state index contributed by atoms with van der Waals surface area (Å²) in [5.41, 5.74) is 0.319. The Morgan fingerprint density at radius 1 is 1.09 bits per heavy atom. The Morgan fingerprint density at radius 3 is 2.55 bits per heavy atom. The monoisotopic (exact) mass is 487 g/mol. The molecule has 8 heteroatoms. The van der Waals surface area contributed by atoms with Crippen LogP contribution >= 0.6 is 23.4 Å². The van der Waals surface area contributed by atoms with Crippen molar-refractivity contribution in [3.63, 3.8) is 0 Å². The Kier molecular flexibility index (Phi) is 6.02. The number of hydrogen-bond acceptors (Lipinski definition) is 6. The number of rotatable bonds is 5. The second-order valence-electron chi connectivity index (χ2n) is 9.16. The van der Waals surface area contributed by atoms with Crippen molar-refractivity contribution in [3.8, 4) is 0 Å². The van der Waals surface area contributed by atoms with Gasteiger partial charge in [0.2, 0.25) is 0 Å². The summed E-state index contributed by atoms with van der Waals surface area (Å²) in [7, 11) is 0. The van der Waals surface area contributed by atoms with Gasteiger partial charge < -0.3 is 19.6 Å². The first kappa shape index (κ1) is 22.8. The SMILES string of the molecule is CCN1C(=O)OC2(CCN(CCCN3c4ccccc4Sc4ccc(Cl)cc43)CC2)C1(C)O. The van der Waals surface area contributed by atoms with Crippen LogP contribution in [-0.4, -0.2) is 65.0 Å². The molecule has 6 nitrogen and oxygen atoms in total. The molecule has 1 amide bonds. The van der Waals surface area contributed by atoms with E-state index in [0.717, 1.165) is 43.3 Å². The molecule has 176 valence electrons. The lowest BCUT2D eigenvalue weighted by atomic mass is 9.82. The summed E-state index contributed by atoms with van der Waals surface area (Å²) in [5.74, 6) is 0. The number of likely N-dealkylation sites (N-methyl/N-ethyl adjacent to an activating group) is 1. The summed E-state index contributed by atoms with van der Waals surface area (Å²) >= 11 is 8.12. The fourth-order valence-corrected chi connectivity index (χ4v) is 6.63. The number of fused-ring (bicyclic) bond motifs is 2. The standard InChI is InChI=1S/C25H30ClN3O3S/c1-3-29-23(30)32-25(24(29,2)31)11-15-27(16-12-25)13-6-14-28-19-7-4-5-8-21(19)33-22-10-9-18(26)17-20(22)28/h4-5,7-10,17,31H,3,6,11-16H2,1-2H3. The fraction of sp³-hybridized carbons (Fsp3) is 0.480. The van der Waals surface area contributed by atoms with E-state index in [1.165, 1.54) is 20.4 Å². The molecule has 0 saturated carbocycles. The Labute approximate surface area is 204 Å². The highest BCUT2D eigenvalue weighted by molar-refractivity contribution is 7.99. The van der Waals surface area contributed by atoms with Crippen molar-refractivity contribution in [2.75, 3.05) is 37.6 Å². The average molecular weight is 488 g/mol. The van der Waals surface area contributed by atoms with E-state index < -0.39 is 17.4 Å². The molecule has 0 bridgehead atoms. The van der Waals surface area contributed by atoms with E-state index in [1.54, 1.807) is 18.7 Å². The van der Waals surface area contributed by atoms with E-state index in [1.807, 2.05) is 13.0 Å². The second kappa shape index (κ2) is 8.69. The van der Waals surface area contributed by atoms with Crippen LogP contribution in [0.5, 0.6) is 0 Å². The Balaban J connectivity index is 1.23. The van der Waals surface area contributed by atoms with Crippen LogP contribution in [0.3, 0.4) is 0 Å². The average Bonchev–Trinajstić information content (AvgIpc) is 2.98. The fourth-order valence-electron chi connectivity index (χ4n) is 5.39. The topological polar surface area (TPSA) is 56.2 Å². The van der Waals surface area contributed by atoms with Crippen molar-refractivity contribution in [2.45, 2.75) is 54.2 Å². The molecule has 33 heavy (non-hydrogen) atoms. The Morgan fingerprint density at radius 2 is 1.82 bits per heavy atom. The number of anilines is 2. The van der Waals surface area contributed by atoms with E-state index in [2.05, 4.69) is 46.2 Å². The highest BCUT2D eigenvalue weighted by Gasteiger charge is 2.62. The first-order valence-electron chi connectivity index (χ1n) is 11.6. The number of amides is 1.